The van der Waals surface area contributed by atoms with Crippen LogP contribution < -0.4 is 0 Å². The second-order valence-electron chi connectivity index (χ2n) is 7.54. The number of amides is 1. The summed E-state index contributed by atoms with van der Waals surface area (Å²) < 4.78 is 5.56. The van der Waals surface area contributed by atoms with Gasteiger partial charge in [-0.05, 0) is 38.7 Å². The van der Waals surface area contributed by atoms with Crippen LogP contribution in [0.3, 0.4) is 0 Å². The number of carbonyl (C=O) groups is 1. The fraction of sp³-hybridized carbons (Fsp3) is 0.474. The summed E-state index contributed by atoms with van der Waals surface area (Å²) in [5, 5.41) is 0. The van der Waals surface area contributed by atoms with Crippen LogP contribution in [-0.4, -0.2) is 33.1 Å². The number of likely N-dealkylation sites (tertiary alicyclic amines) is 1. The molecule has 1 fully saturated rings. The second kappa shape index (κ2) is 6.30. The van der Waals surface area contributed by atoms with Crippen LogP contribution in [0.15, 0.2) is 36.5 Å². The standard InChI is InChI=1S/C19H25N3O2/c1-13-10-16(22(12-13)18(23)24-19(2,3)4)17-20-11-15(21-17)14-8-6-5-7-9-14/h5-9,11,13,16H,10,12H2,1-4H3,(H,20,21). The van der Waals surface area contributed by atoms with Crippen molar-refractivity contribution in [1.82, 2.24) is 14.9 Å². The molecular weight excluding hydrogens is 302 g/mol. The Morgan fingerprint density at radius 2 is 2.00 bits per heavy atom. The van der Waals surface area contributed by atoms with Crippen LogP contribution in [-0.2, 0) is 4.74 Å². The van der Waals surface area contributed by atoms with Gasteiger partial charge in [-0.15, -0.1) is 0 Å². The summed E-state index contributed by atoms with van der Waals surface area (Å²) in [7, 11) is 0. The fourth-order valence-electron chi connectivity index (χ4n) is 3.10. The van der Waals surface area contributed by atoms with Gasteiger partial charge in [-0.25, -0.2) is 9.78 Å². The molecule has 1 amide bonds. The van der Waals surface area contributed by atoms with Crippen LogP contribution in [0.2, 0.25) is 0 Å². The highest BCUT2D eigenvalue weighted by molar-refractivity contribution is 5.69. The maximum Gasteiger partial charge on any atom is 0.410 e. The van der Waals surface area contributed by atoms with Crippen molar-refractivity contribution in [2.75, 3.05) is 6.54 Å². The maximum atomic E-state index is 12.5. The largest absolute Gasteiger partial charge is 0.444 e. The predicted octanol–water partition coefficient (Wildman–Crippen LogP) is 4.39. The number of hydrogen-bond donors (Lipinski definition) is 1. The van der Waals surface area contributed by atoms with Crippen molar-refractivity contribution in [3.05, 3.63) is 42.4 Å². The molecule has 2 atom stereocenters. The molecule has 0 saturated carbocycles. The molecule has 3 rings (SSSR count). The van der Waals surface area contributed by atoms with Gasteiger partial charge in [-0.2, -0.15) is 0 Å². The first kappa shape index (κ1) is 16.6. The third kappa shape index (κ3) is 3.61. The Bertz CT molecular complexity index is 703. The summed E-state index contributed by atoms with van der Waals surface area (Å²) in [6.45, 7) is 8.51. The molecular formula is C19H25N3O2. The molecule has 1 aromatic heterocycles. The Kier molecular flexibility index (Phi) is 4.35. The fourth-order valence-corrected chi connectivity index (χ4v) is 3.10. The Morgan fingerprint density at radius 1 is 1.29 bits per heavy atom. The van der Waals surface area contributed by atoms with Crippen molar-refractivity contribution >= 4 is 6.09 Å². The Hall–Kier alpha value is -2.30. The smallest absolute Gasteiger partial charge is 0.410 e. The Balaban J connectivity index is 1.82. The molecule has 2 heterocycles. The molecule has 1 N–H and O–H groups in total. The minimum Gasteiger partial charge on any atom is -0.444 e. The monoisotopic (exact) mass is 327 g/mol. The lowest BCUT2D eigenvalue weighted by atomic mass is 10.1. The summed E-state index contributed by atoms with van der Waals surface area (Å²) >= 11 is 0. The highest BCUT2D eigenvalue weighted by Gasteiger charge is 2.38. The second-order valence-corrected chi connectivity index (χ2v) is 7.54. The number of imidazole rings is 1. The summed E-state index contributed by atoms with van der Waals surface area (Å²) in [5.74, 6) is 1.25. The van der Waals surface area contributed by atoms with E-state index in [-0.39, 0.29) is 12.1 Å². The van der Waals surface area contributed by atoms with E-state index in [0.717, 1.165) is 23.5 Å². The summed E-state index contributed by atoms with van der Waals surface area (Å²) in [4.78, 5) is 22.2. The molecule has 1 aliphatic heterocycles. The number of nitrogens with one attached hydrogen (secondary N) is 1. The average Bonchev–Trinajstić information content (AvgIpc) is 3.12. The van der Waals surface area contributed by atoms with Gasteiger partial charge in [0.25, 0.3) is 0 Å². The van der Waals surface area contributed by atoms with Crippen LogP contribution in [0.5, 0.6) is 0 Å². The zero-order chi connectivity index (χ0) is 17.3. The SMILES string of the molecule is CC1CC(c2ncc(-c3ccccc3)[nH]2)N(C(=O)OC(C)(C)C)C1. The van der Waals surface area contributed by atoms with Gasteiger partial charge in [0.05, 0.1) is 17.9 Å². The molecule has 5 heteroatoms. The van der Waals surface area contributed by atoms with E-state index in [1.807, 2.05) is 57.3 Å². The van der Waals surface area contributed by atoms with E-state index in [9.17, 15) is 4.79 Å². The van der Waals surface area contributed by atoms with Gasteiger partial charge < -0.3 is 9.72 Å². The highest BCUT2D eigenvalue weighted by atomic mass is 16.6. The lowest BCUT2D eigenvalue weighted by Crippen LogP contribution is -2.37. The van der Waals surface area contributed by atoms with E-state index < -0.39 is 5.60 Å². The van der Waals surface area contributed by atoms with Crippen LogP contribution >= 0.6 is 0 Å². The van der Waals surface area contributed by atoms with Crippen molar-refractivity contribution in [2.24, 2.45) is 5.92 Å². The molecule has 2 aromatic rings. The summed E-state index contributed by atoms with van der Waals surface area (Å²) in [5.41, 5.74) is 1.56. The Labute approximate surface area is 143 Å². The molecule has 1 saturated heterocycles. The zero-order valence-electron chi connectivity index (χ0n) is 14.7. The van der Waals surface area contributed by atoms with Crippen molar-refractivity contribution in [2.45, 2.75) is 45.8 Å². The first-order valence-corrected chi connectivity index (χ1v) is 8.43. The van der Waals surface area contributed by atoms with Crippen molar-refractivity contribution in [3.63, 3.8) is 0 Å². The van der Waals surface area contributed by atoms with E-state index >= 15 is 0 Å². The number of nitrogens with zero attached hydrogens (tertiary/aromatic N) is 2. The van der Waals surface area contributed by atoms with Gasteiger partial charge in [-0.3, -0.25) is 4.90 Å². The van der Waals surface area contributed by atoms with Crippen LogP contribution in [0, 0.1) is 5.92 Å². The molecule has 1 aliphatic rings. The maximum absolute atomic E-state index is 12.5. The number of rotatable bonds is 2. The zero-order valence-corrected chi connectivity index (χ0v) is 14.7. The van der Waals surface area contributed by atoms with Gasteiger partial charge >= 0.3 is 6.09 Å². The third-order valence-electron chi connectivity index (χ3n) is 4.13. The lowest BCUT2D eigenvalue weighted by molar-refractivity contribution is 0.0214. The first-order chi connectivity index (χ1) is 11.3. The van der Waals surface area contributed by atoms with Crippen LogP contribution in [0.1, 0.15) is 46.0 Å². The summed E-state index contributed by atoms with van der Waals surface area (Å²) in [6.07, 6.45) is 2.46. The predicted molar refractivity (Wildman–Crippen MR) is 93.5 cm³/mol. The first-order valence-electron chi connectivity index (χ1n) is 8.43. The van der Waals surface area contributed by atoms with Gasteiger partial charge in [0.15, 0.2) is 0 Å². The van der Waals surface area contributed by atoms with Crippen molar-refractivity contribution < 1.29 is 9.53 Å². The molecule has 5 nitrogen and oxygen atoms in total. The quantitative estimate of drug-likeness (QED) is 0.889. The number of ether oxygens (including phenoxy) is 1. The molecule has 0 bridgehead atoms. The molecule has 0 radical (unpaired) electrons. The third-order valence-corrected chi connectivity index (χ3v) is 4.13. The van der Waals surface area contributed by atoms with E-state index in [0.29, 0.717) is 12.5 Å². The number of H-pyrrole nitrogens is 1. The van der Waals surface area contributed by atoms with Gasteiger partial charge in [0.1, 0.15) is 11.4 Å². The number of aromatic nitrogens is 2. The van der Waals surface area contributed by atoms with Gasteiger partial charge in [-0.1, -0.05) is 37.3 Å². The average molecular weight is 327 g/mol. The van der Waals surface area contributed by atoms with Crippen molar-refractivity contribution in [1.29, 1.82) is 0 Å². The van der Waals surface area contributed by atoms with E-state index in [1.54, 1.807) is 4.90 Å². The van der Waals surface area contributed by atoms with Crippen LogP contribution in [0.4, 0.5) is 4.79 Å². The lowest BCUT2D eigenvalue weighted by Gasteiger charge is -2.27. The van der Waals surface area contributed by atoms with E-state index in [4.69, 9.17) is 4.74 Å². The molecule has 128 valence electrons. The number of carbonyl (C=O) groups excluding carboxylic acids is 1. The molecule has 24 heavy (non-hydrogen) atoms. The minimum absolute atomic E-state index is 0.0627. The number of hydrogen-bond acceptors (Lipinski definition) is 3. The van der Waals surface area contributed by atoms with E-state index in [2.05, 4.69) is 16.9 Å². The number of aromatic amines is 1. The van der Waals surface area contributed by atoms with Gasteiger partial charge in [0.2, 0.25) is 0 Å². The van der Waals surface area contributed by atoms with Gasteiger partial charge in [0, 0.05) is 6.54 Å². The molecule has 1 aromatic carbocycles. The molecule has 0 aliphatic carbocycles. The molecule has 0 spiro atoms. The van der Waals surface area contributed by atoms with Crippen molar-refractivity contribution in [3.8, 4) is 11.3 Å². The highest BCUT2D eigenvalue weighted by Crippen LogP contribution is 2.35. The van der Waals surface area contributed by atoms with Crippen LogP contribution in [0.25, 0.3) is 11.3 Å². The normalized spacial score (nSPS) is 21.1. The summed E-state index contributed by atoms with van der Waals surface area (Å²) in [6, 6.07) is 10.0. The Morgan fingerprint density at radius 3 is 2.67 bits per heavy atom. The van der Waals surface area contributed by atoms with E-state index in [1.165, 1.54) is 0 Å². The topological polar surface area (TPSA) is 58.2 Å². The molecule has 2 unspecified atom stereocenters. The number of benzene rings is 1. The minimum atomic E-state index is -0.494.